The summed E-state index contributed by atoms with van der Waals surface area (Å²) in [5.74, 6) is -4.84. The van der Waals surface area contributed by atoms with Gasteiger partial charge in [0.2, 0.25) is 5.91 Å². The minimum atomic E-state index is -4.67. The van der Waals surface area contributed by atoms with Crippen LogP contribution in [0.15, 0.2) is 53.6 Å². The first-order valence-corrected chi connectivity index (χ1v) is 10.7. The van der Waals surface area contributed by atoms with Crippen LogP contribution in [0.5, 0.6) is 11.5 Å². The molecule has 37 heavy (non-hydrogen) atoms. The van der Waals surface area contributed by atoms with Crippen molar-refractivity contribution in [1.29, 1.82) is 0 Å². The number of benzene rings is 2. The van der Waals surface area contributed by atoms with Crippen molar-refractivity contribution in [1.82, 2.24) is 0 Å². The van der Waals surface area contributed by atoms with E-state index in [1.165, 1.54) is 43.3 Å². The molecule has 1 heterocycles. The Balaban J connectivity index is 1.89. The molecule has 0 saturated carbocycles. The van der Waals surface area contributed by atoms with Crippen molar-refractivity contribution < 1.29 is 50.5 Å². The van der Waals surface area contributed by atoms with Gasteiger partial charge in [-0.2, -0.15) is 32.1 Å². The molecule has 0 saturated heterocycles. The number of halogens is 5. The highest BCUT2D eigenvalue weighted by Gasteiger charge is 2.40. The first-order valence-electron chi connectivity index (χ1n) is 10.7. The van der Waals surface area contributed by atoms with Crippen LogP contribution in [-0.2, 0) is 19.1 Å². The summed E-state index contributed by atoms with van der Waals surface area (Å²) in [6, 6.07) is 9.99. The number of para-hydroxylation sites is 2. The van der Waals surface area contributed by atoms with Crippen LogP contribution in [-0.4, -0.2) is 49.5 Å². The number of amides is 2. The molecule has 1 N–H and O–H groups in total. The third kappa shape index (κ3) is 7.38. The second-order valence-electron chi connectivity index (χ2n) is 7.44. The predicted octanol–water partition coefficient (Wildman–Crippen LogP) is 4.14. The van der Waals surface area contributed by atoms with Crippen molar-refractivity contribution in [2.45, 2.75) is 26.1 Å². The Morgan fingerprint density at radius 1 is 1.14 bits per heavy atom. The van der Waals surface area contributed by atoms with Gasteiger partial charge in [-0.15, -0.1) is 0 Å². The fourth-order valence-electron chi connectivity index (χ4n) is 3.22. The number of ether oxygens (including phenoxy) is 3. The largest absolute Gasteiger partial charge is 0.482 e. The van der Waals surface area contributed by atoms with Crippen LogP contribution in [0, 0.1) is 5.92 Å². The van der Waals surface area contributed by atoms with Crippen molar-refractivity contribution >= 4 is 34.9 Å². The maximum atomic E-state index is 13.2. The van der Waals surface area contributed by atoms with E-state index in [1.807, 2.05) is 0 Å². The monoisotopic (exact) mass is 529 g/mol. The van der Waals surface area contributed by atoms with Crippen LogP contribution in [0.4, 0.5) is 33.3 Å². The minimum Gasteiger partial charge on any atom is -0.482 e. The molecule has 0 fully saturated rings. The smallest absolute Gasteiger partial charge is 0.422 e. The van der Waals surface area contributed by atoms with Gasteiger partial charge in [0.25, 0.3) is 5.91 Å². The van der Waals surface area contributed by atoms with Crippen LogP contribution in [0.1, 0.15) is 13.3 Å². The number of hydrogen-bond donors (Lipinski definition) is 1. The highest BCUT2D eigenvalue weighted by molar-refractivity contribution is 6.39. The van der Waals surface area contributed by atoms with Crippen molar-refractivity contribution in [2.24, 2.45) is 11.0 Å². The predicted molar refractivity (Wildman–Crippen MR) is 119 cm³/mol. The molecule has 3 rings (SSSR count). The number of hydrogen-bond acceptors (Lipinski definition) is 7. The van der Waals surface area contributed by atoms with Gasteiger partial charge in [0.05, 0.1) is 6.61 Å². The molecule has 0 aliphatic carbocycles. The molecule has 1 atom stereocenters. The lowest BCUT2D eigenvalue weighted by Crippen LogP contribution is -2.46. The van der Waals surface area contributed by atoms with Gasteiger partial charge in [-0.1, -0.05) is 12.1 Å². The quantitative estimate of drug-likeness (QED) is 0.297. The lowest BCUT2D eigenvalue weighted by molar-refractivity contribution is -0.153. The molecule has 198 valence electrons. The van der Waals surface area contributed by atoms with Crippen LogP contribution >= 0.6 is 0 Å². The third-order valence-corrected chi connectivity index (χ3v) is 4.78. The standard InChI is InChI=1S/C23H20F5N3O6/c1-2-35-21(34)16-11-15(19(32)29-13-7-9-14(10-8-13)37-22(24)25)20(33)31(30-16)17-5-3-4-6-18(17)36-12-23(26,27)28/h3-10,15,22H,2,11-12H2,1H3,(H,29,32)/t15-/m1/s1. The van der Waals surface area contributed by atoms with E-state index in [2.05, 4.69) is 15.2 Å². The van der Waals surface area contributed by atoms with Crippen molar-refractivity contribution in [3.05, 3.63) is 48.5 Å². The number of nitrogens with zero attached hydrogens (tertiary/aromatic N) is 2. The molecule has 0 unspecified atom stereocenters. The highest BCUT2D eigenvalue weighted by atomic mass is 19.4. The van der Waals surface area contributed by atoms with E-state index >= 15 is 0 Å². The number of carbonyl (C=O) groups excluding carboxylic acids is 3. The Morgan fingerprint density at radius 2 is 1.81 bits per heavy atom. The molecule has 1 aliphatic rings. The van der Waals surface area contributed by atoms with E-state index in [4.69, 9.17) is 9.47 Å². The molecule has 2 aromatic carbocycles. The first-order chi connectivity index (χ1) is 17.5. The second-order valence-corrected chi connectivity index (χ2v) is 7.44. The fourth-order valence-corrected chi connectivity index (χ4v) is 3.22. The number of anilines is 2. The van der Waals surface area contributed by atoms with Gasteiger partial charge < -0.3 is 19.5 Å². The number of hydrazone groups is 1. The number of rotatable bonds is 9. The van der Waals surface area contributed by atoms with Crippen LogP contribution in [0.3, 0.4) is 0 Å². The number of esters is 1. The Bertz CT molecular complexity index is 1170. The van der Waals surface area contributed by atoms with Crippen LogP contribution < -0.4 is 19.8 Å². The average molecular weight is 529 g/mol. The lowest BCUT2D eigenvalue weighted by atomic mass is 9.97. The first kappa shape index (κ1) is 27.4. The third-order valence-electron chi connectivity index (χ3n) is 4.78. The molecule has 9 nitrogen and oxygen atoms in total. The van der Waals surface area contributed by atoms with E-state index in [0.29, 0.717) is 5.01 Å². The molecule has 14 heteroatoms. The second kappa shape index (κ2) is 11.7. The summed E-state index contributed by atoms with van der Waals surface area (Å²) in [5, 5.41) is 6.98. The minimum absolute atomic E-state index is 0.0407. The normalized spacial score (nSPS) is 15.8. The summed E-state index contributed by atoms with van der Waals surface area (Å²) in [4.78, 5) is 38.6. The molecular formula is C23H20F5N3O6. The van der Waals surface area contributed by atoms with E-state index in [-0.39, 0.29) is 35.2 Å². The van der Waals surface area contributed by atoms with Gasteiger partial charge in [-0.25, -0.2) is 4.79 Å². The summed E-state index contributed by atoms with van der Waals surface area (Å²) >= 11 is 0. The zero-order valence-electron chi connectivity index (χ0n) is 19.1. The highest BCUT2D eigenvalue weighted by Crippen LogP contribution is 2.34. The van der Waals surface area contributed by atoms with E-state index in [1.54, 1.807) is 0 Å². The molecule has 2 aromatic rings. The lowest BCUT2D eigenvalue weighted by Gasteiger charge is -2.29. The molecular weight excluding hydrogens is 509 g/mol. The molecule has 2 amide bonds. The van der Waals surface area contributed by atoms with Gasteiger partial charge >= 0.3 is 18.8 Å². The topological polar surface area (TPSA) is 107 Å². The van der Waals surface area contributed by atoms with Gasteiger partial charge in [-0.3, -0.25) is 9.59 Å². The van der Waals surface area contributed by atoms with Crippen molar-refractivity contribution in [3.63, 3.8) is 0 Å². The Kier molecular flexibility index (Phi) is 8.63. The maximum absolute atomic E-state index is 13.2. The zero-order valence-corrected chi connectivity index (χ0v) is 19.1. The Hall–Kier alpha value is -4.23. The fraction of sp³-hybridized carbons (Fsp3) is 0.304. The molecule has 0 bridgehead atoms. The molecule has 0 spiro atoms. The van der Waals surface area contributed by atoms with E-state index < -0.39 is 49.5 Å². The summed E-state index contributed by atoms with van der Waals surface area (Å²) in [5.41, 5.74) is -0.433. The van der Waals surface area contributed by atoms with Gasteiger partial charge in [0.1, 0.15) is 28.8 Å². The summed E-state index contributed by atoms with van der Waals surface area (Å²) in [7, 11) is 0. The molecule has 1 aliphatic heterocycles. The van der Waals surface area contributed by atoms with Crippen molar-refractivity contribution in [2.75, 3.05) is 23.5 Å². The molecule has 0 aromatic heterocycles. The SMILES string of the molecule is CCOC(=O)C1=NN(c2ccccc2OCC(F)(F)F)C(=O)[C@@H](C(=O)Nc2ccc(OC(F)F)cc2)C1. The zero-order chi connectivity index (χ0) is 27.2. The molecule has 0 radical (unpaired) electrons. The Morgan fingerprint density at radius 3 is 2.43 bits per heavy atom. The van der Waals surface area contributed by atoms with Crippen LogP contribution in [0.25, 0.3) is 0 Å². The van der Waals surface area contributed by atoms with Gasteiger partial charge in [0.15, 0.2) is 6.61 Å². The summed E-state index contributed by atoms with van der Waals surface area (Å²) < 4.78 is 76.8. The van der Waals surface area contributed by atoms with Gasteiger partial charge in [0, 0.05) is 12.1 Å². The van der Waals surface area contributed by atoms with Crippen molar-refractivity contribution in [3.8, 4) is 11.5 Å². The number of alkyl halides is 5. The van der Waals surface area contributed by atoms with Gasteiger partial charge in [-0.05, 0) is 43.3 Å². The number of carbonyl (C=O) groups is 3. The van der Waals surface area contributed by atoms with E-state index in [9.17, 15) is 36.3 Å². The van der Waals surface area contributed by atoms with Crippen LogP contribution in [0.2, 0.25) is 0 Å². The average Bonchev–Trinajstić information content (AvgIpc) is 2.83. The maximum Gasteiger partial charge on any atom is 0.422 e. The van der Waals surface area contributed by atoms with E-state index in [0.717, 1.165) is 12.1 Å². The Labute approximate surface area is 206 Å². The summed E-state index contributed by atoms with van der Waals surface area (Å²) in [6.45, 7) is -3.22. The number of nitrogens with one attached hydrogen (secondary N) is 1. The summed E-state index contributed by atoms with van der Waals surface area (Å²) in [6.07, 6.45) is -5.13.